The van der Waals surface area contributed by atoms with Gasteiger partial charge in [-0.1, -0.05) is 47.5 Å². The molecule has 6 nitrogen and oxygen atoms in total. The number of methoxy groups -OCH3 is 1. The standard InChI is InChI=1S/C21H17Cl2N3O3S/c1-29-20(28)18-17(25-21(30)26-19(27)13-5-3-2-4-6-13)14(11-24-18)9-12-7-8-15(22)16(23)10-12/h2-8,10-11,24H,9H2,1H3,(H2,25,26,27,30). The number of anilines is 1. The number of carbonyl (C=O) groups is 2. The number of aromatic nitrogens is 1. The summed E-state index contributed by atoms with van der Waals surface area (Å²) in [6, 6.07) is 13.9. The Morgan fingerprint density at radius 1 is 1.10 bits per heavy atom. The van der Waals surface area contributed by atoms with Crippen molar-refractivity contribution in [3.05, 3.63) is 87.2 Å². The van der Waals surface area contributed by atoms with Crippen LogP contribution >= 0.6 is 35.4 Å². The fraction of sp³-hybridized carbons (Fsp3) is 0.0952. The molecule has 0 atom stereocenters. The predicted octanol–water partition coefficient (Wildman–Crippen LogP) is 4.83. The number of hydrogen-bond donors (Lipinski definition) is 3. The quantitative estimate of drug-likeness (QED) is 0.374. The lowest BCUT2D eigenvalue weighted by atomic mass is 10.1. The summed E-state index contributed by atoms with van der Waals surface area (Å²) in [4.78, 5) is 27.4. The Labute approximate surface area is 188 Å². The highest BCUT2D eigenvalue weighted by molar-refractivity contribution is 7.80. The number of rotatable bonds is 5. The second-order valence-corrected chi connectivity index (χ2v) is 7.48. The first-order chi connectivity index (χ1) is 14.4. The van der Waals surface area contributed by atoms with Gasteiger partial charge < -0.3 is 15.0 Å². The summed E-state index contributed by atoms with van der Waals surface area (Å²) >= 11 is 17.4. The molecule has 0 saturated carbocycles. The van der Waals surface area contributed by atoms with Crippen molar-refractivity contribution in [1.82, 2.24) is 10.3 Å². The molecule has 3 rings (SSSR count). The largest absolute Gasteiger partial charge is 0.464 e. The molecule has 3 N–H and O–H groups in total. The molecule has 2 aromatic carbocycles. The Balaban J connectivity index is 1.83. The molecule has 9 heteroatoms. The average Bonchev–Trinajstić information content (AvgIpc) is 3.12. The first-order valence-electron chi connectivity index (χ1n) is 8.79. The van der Waals surface area contributed by atoms with Crippen LogP contribution in [0.25, 0.3) is 0 Å². The van der Waals surface area contributed by atoms with E-state index >= 15 is 0 Å². The van der Waals surface area contributed by atoms with Gasteiger partial charge in [0, 0.05) is 18.2 Å². The van der Waals surface area contributed by atoms with E-state index in [0.29, 0.717) is 27.7 Å². The third-order valence-corrected chi connectivity index (χ3v) is 5.17. The number of aromatic amines is 1. The summed E-state index contributed by atoms with van der Waals surface area (Å²) in [6.45, 7) is 0. The highest BCUT2D eigenvalue weighted by Gasteiger charge is 2.20. The average molecular weight is 462 g/mol. The zero-order valence-electron chi connectivity index (χ0n) is 15.8. The number of benzene rings is 2. The van der Waals surface area contributed by atoms with Gasteiger partial charge in [-0.25, -0.2) is 4.79 Å². The van der Waals surface area contributed by atoms with Gasteiger partial charge in [-0.15, -0.1) is 0 Å². The lowest BCUT2D eigenvalue weighted by Gasteiger charge is -2.12. The van der Waals surface area contributed by atoms with Gasteiger partial charge in [-0.05, 0) is 47.6 Å². The van der Waals surface area contributed by atoms with Gasteiger partial charge in [-0.2, -0.15) is 0 Å². The molecule has 0 bridgehead atoms. The maximum absolute atomic E-state index is 12.3. The second kappa shape index (κ2) is 9.75. The maximum atomic E-state index is 12.3. The summed E-state index contributed by atoms with van der Waals surface area (Å²) in [6.07, 6.45) is 2.10. The van der Waals surface area contributed by atoms with Crippen LogP contribution in [-0.2, 0) is 11.2 Å². The summed E-state index contributed by atoms with van der Waals surface area (Å²) in [5.74, 6) is -0.940. The van der Waals surface area contributed by atoms with Crippen molar-refractivity contribution in [2.75, 3.05) is 12.4 Å². The van der Waals surface area contributed by atoms with Crippen LogP contribution in [0, 0.1) is 0 Å². The molecule has 0 saturated heterocycles. The van der Waals surface area contributed by atoms with Crippen LogP contribution in [0.5, 0.6) is 0 Å². The highest BCUT2D eigenvalue weighted by atomic mass is 35.5. The molecule has 0 fully saturated rings. The van der Waals surface area contributed by atoms with Crippen molar-refractivity contribution in [1.29, 1.82) is 0 Å². The molecule has 0 radical (unpaired) electrons. The molecular weight excluding hydrogens is 445 g/mol. The van der Waals surface area contributed by atoms with Crippen molar-refractivity contribution < 1.29 is 14.3 Å². The number of amides is 1. The lowest BCUT2D eigenvalue weighted by Crippen LogP contribution is -2.34. The number of nitrogens with one attached hydrogen (secondary N) is 3. The van der Waals surface area contributed by atoms with E-state index in [9.17, 15) is 9.59 Å². The van der Waals surface area contributed by atoms with Crippen molar-refractivity contribution in [3.8, 4) is 0 Å². The molecule has 0 aliphatic heterocycles. The molecule has 1 amide bonds. The van der Waals surface area contributed by atoms with E-state index in [1.165, 1.54) is 7.11 Å². The Hall–Kier alpha value is -2.87. The molecule has 0 aliphatic carbocycles. The molecule has 154 valence electrons. The minimum atomic E-state index is -0.574. The summed E-state index contributed by atoms with van der Waals surface area (Å²) < 4.78 is 4.83. The first-order valence-corrected chi connectivity index (χ1v) is 9.95. The monoisotopic (exact) mass is 461 g/mol. The molecule has 30 heavy (non-hydrogen) atoms. The molecular formula is C21H17Cl2N3O3S. The normalized spacial score (nSPS) is 10.4. The van der Waals surface area contributed by atoms with Gasteiger partial charge in [0.1, 0.15) is 5.69 Å². The molecule has 0 spiro atoms. The zero-order chi connectivity index (χ0) is 21.7. The van der Waals surface area contributed by atoms with E-state index in [-0.39, 0.29) is 16.7 Å². The SMILES string of the molecule is COC(=O)c1[nH]cc(Cc2ccc(Cl)c(Cl)c2)c1NC(=S)NC(=O)c1ccccc1. The first kappa shape index (κ1) is 21.8. The minimum Gasteiger partial charge on any atom is -0.464 e. The number of H-pyrrole nitrogens is 1. The number of halogens is 2. The third kappa shape index (κ3) is 5.18. The molecule has 1 aromatic heterocycles. The van der Waals surface area contributed by atoms with Gasteiger partial charge in [0.05, 0.1) is 22.8 Å². The van der Waals surface area contributed by atoms with Gasteiger partial charge in [0.2, 0.25) is 0 Å². The van der Waals surface area contributed by atoms with Gasteiger partial charge in [-0.3, -0.25) is 10.1 Å². The van der Waals surface area contributed by atoms with Crippen LogP contribution < -0.4 is 10.6 Å². The summed E-state index contributed by atoms with van der Waals surface area (Å²) in [5.41, 5.74) is 2.65. The van der Waals surface area contributed by atoms with Crippen molar-refractivity contribution >= 4 is 58.1 Å². The van der Waals surface area contributed by atoms with E-state index in [1.807, 2.05) is 12.1 Å². The van der Waals surface area contributed by atoms with Crippen molar-refractivity contribution in [2.45, 2.75) is 6.42 Å². The second-order valence-electron chi connectivity index (χ2n) is 6.26. The molecule has 1 heterocycles. The lowest BCUT2D eigenvalue weighted by molar-refractivity contribution is 0.0596. The van der Waals surface area contributed by atoms with E-state index < -0.39 is 5.97 Å². The summed E-state index contributed by atoms with van der Waals surface area (Å²) in [5, 5.41) is 6.46. The maximum Gasteiger partial charge on any atom is 0.356 e. The molecule has 0 unspecified atom stereocenters. The fourth-order valence-corrected chi connectivity index (χ4v) is 3.30. The van der Waals surface area contributed by atoms with Crippen LogP contribution in [0.1, 0.15) is 32.0 Å². The number of ether oxygens (including phenoxy) is 1. The van der Waals surface area contributed by atoms with Crippen LogP contribution in [-0.4, -0.2) is 29.1 Å². The fourth-order valence-electron chi connectivity index (χ4n) is 2.79. The Bertz CT molecular complexity index is 1100. The van der Waals surface area contributed by atoms with Crippen LogP contribution in [0.3, 0.4) is 0 Å². The van der Waals surface area contributed by atoms with E-state index in [0.717, 1.165) is 11.1 Å². The smallest absolute Gasteiger partial charge is 0.356 e. The van der Waals surface area contributed by atoms with Crippen molar-refractivity contribution in [2.24, 2.45) is 0 Å². The zero-order valence-corrected chi connectivity index (χ0v) is 18.1. The number of thiocarbonyl (C=S) groups is 1. The number of carbonyl (C=O) groups excluding carboxylic acids is 2. The number of esters is 1. The molecule has 0 aliphatic rings. The predicted molar refractivity (Wildman–Crippen MR) is 122 cm³/mol. The molecule has 3 aromatic rings. The summed E-state index contributed by atoms with van der Waals surface area (Å²) in [7, 11) is 1.28. The Morgan fingerprint density at radius 2 is 1.83 bits per heavy atom. The van der Waals surface area contributed by atoms with Gasteiger partial charge in [0.15, 0.2) is 5.11 Å². The minimum absolute atomic E-state index is 0.0454. The third-order valence-electron chi connectivity index (χ3n) is 4.23. The van der Waals surface area contributed by atoms with E-state index in [4.69, 9.17) is 40.2 Å². The number of hydrogen-bond acceptors (Lipinski definition) is 4. The van der Waals surface area contributed by atoms with Crippen molar-refractivity contribution in [3.63, 3.8) is 0 Å². The topological polar surface area (TPSA) is 83.2 Å². The van der Waals surface area contributed by atoms with Crippen LogP contribution in [0.4, 0.5) is 5.69 Å². The van der Waals surface area contributed by atoms with Gasteiger partial charge in [0.25, 0.3) is 5.91 Å². The van der Waals surface area contributed by atoms with Crippen LogP contribution in [0.15, 0.2) is 54.7 Å². The van der Waals surface area contributed by atoms with E-state index in [2.05, 4.69) is 15.6 Å². The van der Waals surface area contributed by atoms with E-state index in [1.54, 1.807) is 42.6 Å². The Kier molecular flexibility index (Phi) is 7.10. The highest BCUT2D eigenvalue weighted by Crippen LogP contribution is 2.28. The Morgan fingerprint density at radius 3 is 2.50 bits per heavy atom. The van der Waals surface area contributed by atoms with Crippen LogP contribution in [0.2, 0.25) is 10.0 Å². The van der Waals surface area contributed by atoms with Gasteiger partial charge >= 0.3 is 5.97 Å².